The summed E-state index contributed by atoms with van der Waals surface area (Å²) in [6.45, 7) is 0.972. The third kappa shape index (κ3) is 8.43. The van der Waals surface area contributed by atoms with Gasteiger partial charge in [0.05, 0.1) is 11.9 Å². The lowest BCUT2D eigenvalue weighted by Crippen LogP contribution is -2.51. The van der Waals surface area contributed by atoms with Gasteiger partial charge in [-0.15, -0.1) is 0 Å². The van der Waals surface area contributed by atoms with E-state index in [0.717, 1.165) is 6.92 Å². The van der Waals surface area contributed by atoms with Gasteiger partial charge in [0, 0.05) is 5.97 Å². The molecular weight excluding hydrogens is 200 g/mol. The normalized spacial score (nSPS) is 13.1. The molecule has 0 amide bonds. The lowest BCUT2D eigenvalue weighted by Gasteiger charge is -2.18. The second kappa shape index (κ2) is 6.80. The number of rotatable bonds is 3. The van der Waals surface area contributed by atoms with Gasteiger partial charge in [-0.25, -0.2) is 0 Å². The smallest absolute Gasteiger partial charge is 0.124 e. The van der Waals surface area contributed by atoms with Crippen LogP contribution in [0.1, 0.15) is 6.92 Å². The Labute approximate surface area is 78.0 Å². The van der Waals surface area contributed by atoms with Crippen LogP contribution in [-0.4, -0.2) is 40.3 Å². The first-order valence-corrected chi connectivity index (χ1v) is 3.15. The van der Waals surface area contributed by atoms with Crippen molar-refractivity contribution in [2.45, 2.75) is 19.1 Å². The molecule has 0 fully saturated rings. The van der Waals surface area contributed by atoms with E-state index in [1.807, 2.05) is 0 Å². The Morgan fingerprint density at radius 3 is 1.14 bits per heavy atom. The standard InChI is InChI=1S/C4H6O6.C2H4O2/c5-1(3(7)8)2(6)4(9)10;1-2(3)4/h1-2,5-6H,(H,7,8)(H,9,10);1H3,(H,3,4)/p-3. The van der Waals surface area contributed by atoms with Gasteiger partial charge < -0.3 is 39.9 Å². The molecule has 0 rings (SSSR count). The highest BCUT2D eigenvalue weighted by Crippen LogP contribution is 1.88. The van der Waals surface area contributed by atoms with Gasteiger partial charge in [-0.2, -0.15) is 0 Å². The predicted molar refractivity (Wildman–Crippen MR) is 32.7 cm³/mol. The van der Waals surface area contributed by atoms with Gasteiger partial charge >= 0.3 is 0 Å². The molecule has 8 nitrogen and oxygen atoms in total. The maximum absolute atomic E-state index is 9.63. The van der Waals surface area contributed by atoms with Crippen molar-refractivity contribution in [2.24, 2.45) is 0 Å². The molecule has 0 aliphatic carbocycles. The topological polar surface area (TPSA) is 161 Å². The average molecular weight is 207 g/mol. The molecule has 2 unspecified atom stereocenters. The van der Waals surface area contributed by atoms with Crippen LogP contribution >= 0.6 is 0 Å². The van der Waals surface area contributed by atoms with Crippen LogP contribution in [0.2, 0.25) is 0 Å². The number of carbonyl (C=O) groups excluding carboxylic acids is 3. The molecule has 0 saturated heterocycles. The second-order valence-corrected chi connectivity index (χ2v) is 2.02. The molecule has 0 aliphatic rings. The zero-order chi connectivity index (χ0) is 11.9. The lowest BCUT2D eigenvalue weighted by molar-refractivity contribution is -0.333. The molecule has 0 aromatic carbocycles. The summed E-state index contributed by atoms with van der Waals surface area (Å²) in [6, 6.07) is 0. The Bertz CT molecular complexity index is 200. The molecule has 2 atom stereocenters. The molecule has 0 spiro atoms. The maximum atomic E-state index is 9.63. The monoisotopic (exact) mass is 207 g/mol. The highest BCUT2D eigenvalue weighted by molar-refractivity contribution is 5.80. The van der Waals surface area contributed by atoms with E-state index in [1.165, 1.54) is 0 Å². The molecular formula is C6H7O8-3. The first-order valence-electron chi connectivity index (χ1n) is 3.15. The number of aliphatic hydroxyl groups is 2. The summed E-state index contributed by atoms with van der Waals surface area (Å²) in [6.07, 6.45) is -4.88. The zero-order valence-electron chi connectivity index (χ0n) is 7.00. The number of hydrogen-bond acceptors (Lipinski definition) is 8. The number of aliphatic hydroxyl groups excluding tert-OH is 2. The van der Waals surface area contributed by atoms with E-state index in [4.69, 9.17) is 20.1 Å². The molecule has 0 radical (unpaired) electrons. The molecule has 0 saturated carbocycles. The quantitative estimate of drug-likeness (QED) is 0.462. The number of carbonyl (C=O) groups is 3. The fraction of sp³-hybridized carbons (Fsp3) is 0.500. The SMILES string of the molecule is CC(=O)[O-].O=C([O-])C(O)C(O)C(=O)[O-]. The molecule has 14 heavy (non-hydrogen) atoms. The van der Waals surface area contributed by atoms with Crippen LogP contribution in [-0.2, 0) is 14.4 Å². The van der Waals surface area contributed by atoms with Crippen molar-refractivity contribution in [3.8, 4) is 0 Å². The first kappa shape index (κ1) is 14.8. The third-order valence-electron chi connectivity index (χ3n) is 0.782. The van der Waals surface area contributed by atoms with Crippen LogP contribution in [0.5, 0.6) is 0 Å². The highest BCUT2D eigenvalue weighted by Gasteiger charge is 2.17. The minimum Gasteiger partial charge on any atom is -0.550 e. The van der Waals surface area contributed by atoms with Crippen molar-refractivity contribution in [1.29, 1.82) is 0 Å². The van der Waals surface area contributed by atoms with E-state index in [2.05, 4.69) is 0 Å². The van der Waals surface area contributed by atoms with Gasteiger partial charge in [0.1, 0.15) is 12.2 Å². The molecule has 0 bridgehead atoms. The van der Waals surface area contributed by atoms with Crippen LogP contribution in [0.15, 0.2) is 0 Å². The molecule has 8 heteroatoms. The Balaban J connectivity index is 0. The van der Waals surface area contributed by atoms with Gasteiger partial charge in [0.15, 0.2) is 0 Å². The Morgan fingerprint density at radius 1 is 0.929 bits per heavy atom. The van der Waals surface area contributed by atoms with E-state index < -0.39 is 30.1 Å². The van der Waals surface area contributed by atoms with E-state index in [0.29, 0.717) is 0 Å². The zero-order valence-corrected chi connectivity index (χ0v) is 7.00. The van der Waals surface area contributed by atoms with Crippen molar-refractivity contribution in [3.63, 3.8) is 0 Å². The van der Waals surface area contributed by atoms with Crippen LogP contribution in [0.4, 0.5) is 0 Å². The van der Waals surface area contributed by atoms with Gasteiger partial charge in [-0.1, -0.05) is 0 Å². The Kier molecular flexibility index (Phi) is 7.21. The Hall–Kier alpha value is -1.67. The largest absolute Gasteiger partial charge is 0.550 e. The lowest BCUT2D eigenvalue weighted by atomic mass is 10.2. The molecule has 0 aromatic rings. The number of hydrogen-bond donors (Lipinski definition) is 2. The maximum Gasteiger partial charge on any atom is 0.124 e. The number of carboxylic acid groups (broad SMARTS) is 3. The molecule has 0 aromatic heterocycles. The molecule has 0 heterocycles. The van der Waals surface area contributed by atoms with Crippen LogP contribution in [0.3, 0.4) is 0 Å². The van der Waals surface area contributed by atoms with E-state index in [1.54, 1.807) is 0 Å². The fourth-order valence-corrected chi connectivity index (χ4v) is 0.258. The van der Waals surface area contributed by atoms with Crippen molar-refractivity contribution in [2.75, 3.05) is 0 Å². The highest BCUT2D eigenvalue weighted by atomic mass is 16.4. The summed E-state index contributed by atoms with van der Waals surface area (Å²) in [4.78, 5) is 28.2. The van der Waals surface area contributed by atoms with E-state index >= 15 is 0 Å². The molecule has 0 aliphatic heterocycles. The minimum absolute atomic E-state index is 0.972. The second-order valence-electron chi connectivity index (χ2n) is 2.02. The number of carboxylic acids is 3. The van der Waals surface area contributed by atoms with E-state index in [-0.39, 0.29) is 0 Å². The molecule has 82 valence electrons. The first-order chi connectivity index (χ1) is 6.20. The van der Waals surface area contributed by atoms with Gasteiger partial charge in [-0.3, -0.25) is 0 Å². The summed E-state index contributed by atoms with van der Waals surface area (Å²) in [5.41, 5.74) is 0. The third-order valence-corrected chi connectivity index (χ3v) is 0.782. The fourth-order valence-electron chi connectivity index (χ4n) is 0.258. The average Bonchev–Trinajstić information content (AvgIpc) is 2.00. The van der Waals surface area contributed by atoms with Gasteiger partial charge in [0.2, 0.25) is 0 Å². The van der Waals surface area contributed by atoms with Crippen molar-refractivity contribution in [3.05, 3.63) is 0 Å². The van der Waals surface area contributed by atoms with Crippen molar-refractivity contribution in [1.82, 2.24) is 0 Å². The summed E-state index contributed by atoms with van der Waals surface area (Å²) in [5.74, 6) is -5.20. The number of aliphatic carboxylic acids is 3. The van der Waals surface area contributed by atoms with Crippen LogP contribution in [0, 0.1) is 0 Å². The van der Waals surface area contributed by atoms with Crippen LogP contribution in [0.25, 0.3) is 0 Å². The summed E-state index contributed by atoms with van der Waals surface area (Å²) in [5, 5.41) is 44.6. The molecule has 2 N–H and O–H groups in total. The van der Waals surface area contributed by atoms with Gasteiger partial charge in [0.25, 0.3) is 0 Å². The summed E-state index contributed by atoms with van der Waals surface area (Å²) in [7, 11) is 0. The van der Waals surface area contributed by atoms with Gasteiger partial charge in [-0.05, 0) is 6.92 Å². The summed E-state index contributed by atoms with van der Waals surface area (Å²) >= 11 is 0. The Morgan fingerprint density at radius 2 is 1.07 bits per heavy atom. The van der Waals surface area contributed by atoms with Crippen molar-refractivity contribution < 1.29 is 39.9 Å². The van der Waals surface area contributed by atoms with E-state index in [9.17, 15) is 19.8 Å². The minimum atomic E-state index is -2.44. The summed E-state index contributed by atoms with van der Waals surface area (Å²) < 4.78 is 0. The van der Waals surface area contributed by atoms with Crippen LogP contribution < -0.4 is 15.3 Å². The van der Waals surface area contributed by atoms with Crippen molar-refractivity contribution >= 4 is 17.9 Å². The predicted octanol–water partition coefficient (Wildman–Crippen LogP) is -6.04.